The van der Waals surface area contributed by atoms with Gasteiger partial charge >= 0.3 is 0 Å². The van der Waals surface area contributed by atoms with Crippen molar-refractivity contribution in [3.8, 4) is 11.5 Å². The normalized spacial score (nSPS) is 12.3. The van der Waals surface area contributed by atoms with Crippen molar-refractivity contribution >= 4 is 6.08 Å². The van der Waals surface area contributed by atoms with E-state index in [9.17, 15) is 5.11 Å². The molecule has 0 bridgehead atoms. The first-order valence-electron chi connectivity index (χ1n) is 7.50. The first-order chi connectivity index (χ1) is 11.3. The largest absolute Gasteiger partial charge is 0.496 e. The van der Waals surface area contributed by atoms with Gasteiger partial charge in [-0.2, -0.15) is 0 Å². The van der Waals surface area contributed by atoms with E-state index in [1.54, 1.807) is 31.6 Å². The van der Waals surface area contributed by atoms with E-state index in [1.165, 1.54) is 0 Å². The number of aliphatic hydroxyl groups is 1. The van der Waals surface area contributed by atoms with Gasteiger partial charge in [0.2, 0.25) is 0 Å². The molecule has 2 N–H and O–H groups in total. The summed E-state index contributed by atoms with van der Waals surface area (Å²) in [5.74, 6) is 1.55. The molecule has 1 atom stereocenters. The standard InChI is InChI=1S/C18H22N2O3/c1-22-18-7-3-2-5-15(18)6-4-10-20-13-16(21)14-23-17-8-11-19-12-9-17/h2-9,11-12,16,20-21H,10,13-14H2,1H3. The minimum Gasteiger partial charge on any atom is -0.496 e. The average molecular weight is 314 g/mol. The zero-order chi connectivity index (χ0) is 16.3. The third-order valence-electron chi connectivity index (χ3n) is 3.17. The predicted octanol–water partition coefficient (Wildman–Crippen LogP) is 2.13. The molecule has 2 aromatic rings. The van der Waals surface area contributed by atoms with Crippen molar-refractivity contribution in [3.63, 3.8) is 0 Å². The number of pyridine rings is 1. The molecule has 0 amide bonds. The Morgan fingerprint density at radius 1 is 1.22 bits per heavy atom. The molecule has 1 aromatic carbocycles. The molecule has 0 spiro atoms. The highest BCUT2D eigenvalue weighted by Gasteiger charge is 2.04. The Labute approximate surface area is 136 Å². The molecule has 1 heterocycles. The lowest BCUT2D eigenvalue weighted by Crippen LogP contribution is -2.31. The summed E-state index contributed by atoms with van der Waals surface area (Å²) in [5.41, 5.74) is 1.03. The maximum atomic E-state index is 9.86. The Kier molecular flexibility index (Phi) is 7.10. The number of aliphatic hydroxyl groups excluding tert-OH is 1. The van der Waals surface area contributed by atoms with Crippen LogP contribution in [0.1, 0.15) is 5.56 Å². The van der Waals surface area contributed by atoms with Crippen molar-refractivity contribution in [1.82, 2.24) is 10.3 Å². The van der Waals surface area contributed by atoms with Crippen LogP contribution in [0.3, 0.4) is 0 Å². The Bertz CT molecular complexity index is 602. The number of hydrogen-bond donors (Lipinski definition) is 2. The highest BCUT2D eigenvalue weighted by Crippen LogP contribution is 2.18. The number of benzene rings is 1. The minimum atomic E-state index is -0.567. The lowest BCUT2D eigenvalue weighted by molar-refractivity contribution is 0.107. The molecule has 5 nitrogen and oxygen atoms in total. The Balaban J connectivity index is 1.65. The van der Waals surface area contributed by atoms with Gasteiger partial charge < -0.3 is 19.9 Å². The zero-order valence-electron chi connectivity index (χ0n) is 13.2. The van der Waals surface area contributed by atoms with Crippen molar-refractivity contribution < 1.29 is 14.6 Å². The maximum Gasteiger partial charge on any atom is 0.126 e. The molecular formula is C18H22N2O3. The van der Waals surface area contributed by atoms with E-state index in [0.29, 0.717) is 18.8 Å². The quantitative estimate of drug-likeness (QED) is 0.694. The monoisotopic (exact) mass is 314 g/mol. The molecular weight excluding hydrogens is 292 g/mol. The van der Waals surface area contributed by atoms with Crippen LogP contribution in [0.5, 0.6) is 11.5 Å². The van der Waals surface area contributed by atoms with Crippen molar-refractivity contribution in [2.24, 2.45) is 0 Å². The zero-order valence-corrected chi connectivity index (χ0v) is 13.2. The molecule has 0 saturated heterocycles. The first-order valence-corrected chi connectivity index (χ1v) is 7.50. The summed E-state index contributed by atoms with van der Waals surface area (Å²) >= 11 is 0. The highest BCUT2D eigenvalue weighted by molar-refractivity contribution is 5.57. The van der Waals surface area contributed by atoms with Gasteiger partial charge in [-0.05, 0) is 18.2 Å². The fraction of sp³-hybridized carbons (Fsp3) is 0.278. The molecule has 0 aliphatic rings. The van der Waals surface area contributed by atoms with E-state index in [2.05, 4.69) is 10.3 Å². The second-order valence-electron chi connectivity index (χ2n) is 4.95. The molecule has 122 valence electrons. The van der Waals surface area contributed by atoms with Gasteiger partial charge in [-0.25, -0.2) is 0 Å². The summed E-state index contributed by atoms with van der Waals surface area (Å²) in [5, 5.41) is 13.0. The van der Waals surface area contributed by atoms with E-state index < -0.39 is 6.10 Å². The molecule has 0 aliphatic heterocycles. The predicted molar refractivity (Wildman–Crippen MR) is 90.6 cm³/mol. The number of nitrogens with one attached hydrogen (secondary N) is 1. The van der Waals surface area contributed by atoms with Gasteiger partial charge in [-0.15, -0.1) is 0 Å². The number of aromatic nitrogens is 1. The summed E-state index contributed by atoms with van der Waals surface area (Å²) < 4.78 is 10.7. The third-order valence-corrected chi connectivity index (χ3v) is 3.17. The number of nitrogens with zero attached hydrogens (tertiary/aromatic N) is 1. The van der Waals surface area contributed by atoms with E-state index in [4.69, 9.17) is 9.47 Å². The van der Waals surface area contributed by atoms with Crippen LogP contribution in [0.4, 0.5) is 0 Å². The summed E-state index contributed by atoms with van der Waals surface area (Å²) in [4.78, 5) is 3.91. The van der Waals surface area contributed by atoms with Crippen molar-refractivity contribution in [2.45, 2.75) is 6.10 Å². The number of methoxy groups -OCH3 is 1. The molecule has 0 radical (unpaired) electrons. The van der Waals surface area contributed by atoms with Crippen LogP contribution in [0.25, 0.3) is 6.08 Å². The fourth-order valence-corrected chi connectivity index (χ4v) is 2.01. The Hall–Kier alpha value is -2.37. The van der Waals surface area contributed by atoms with Crippen LogP contribution in [-0.4, -0.2) is 43.0 Å². The van der Waals surface area contributed by atoms with Gasteiger partial charge in [0.15, 0.2) is 0 Å². The number of rotatable bonds is 9. The topological polar surface area (TPSA) is 63.6 Å². The van der Waals surface area contributed by atoms with Gasteiger partial charge in [0, 0.05) is 31.0 Å². The fourth-order valence-electron chi connectivity index (χ4n) is 2.01. The SMILES string of the molecule is COc1ccccc1C=CCNCC(O)COc1ccncc1. The Morgan fingerprint density at radius 2 is 2.00 bits per heavy atom. The molecule has 0 fully saturated rings. The van der Waals surface area contributed by atoms with Gasteiger partial charge in [0.25, 0.3) is 0 Å². The van der Waals surface area contributed by atoms with Gasteiger partial charge in [-0.1, -0.05) is 30.4 Å². The Morgan fingerprint density at radius 3 is 2.78 bits per heavy atom. The van der Waals surface area contributed by atoms with Crippen LogP contribution in [-0.2, 0) is 0 Å². The van der Waals surface area contributed by atoms with E-state index in [0.717, 1.165) is 11.3 Å². The average Bonchev–Trinajstić information content (AvgIpc) is 2.61. The molecule has 0 saturated carbocycles. The molecule has 1 unspecified atom stereocenters. The van der Waals surface area contributed by atoms with Gasteiger partial charge in [-0.3, -0.25) is 4.98 Å². The number of hydrogen-bond acceptors (Lipinski definition) is 5. The summed E-state index contributed by atoms with van der Waals surface area (Å²) in [6.45, 7) is 1.36. The maximum absolute atomic E-state index is 9.86. The summed E-state index contributed by atoms with van der Waals surface area (Å²) in [6, 6.07) is 11.3. The van der Waals surface area contributed by atoms with Crippen LogP contribution in [0, 0.1) is 0 Å². The molecule has 5 heteroatoms. The van der Waals surface area contributed by atoms with Crippen LogP contribution < -0.4 is 14.8 Å². The lowest BCUT2D eigenvalue weighted by atomic mass is 10.2. The smallest absolute Gasteiger partial charge is 0.126 e. The number of ether oxygens (including phenoxy) is 2. The molecule has 0 aliphatic carbocycles. The summed E-state index contributed by atoms with van der Waals surface area (Å²) in [7, 11) is 1.66. The van der Waals surface area contributed by atoms with Crippen LogP contribution >= 0.6 is 0 Å². The lowest BCUT2D eigenvalue weighted by Gasteiger charge is -2.12. The highest BCUT2D eigenvalue weighted by atomic mass is 16.5. The van der Waals surface area contributed by atoms with E-state index >= 15 is 0 Å². The molecule has 23 heavy (non-hydrogen) atoms. The third kappa shape index (κ3) is 6.10. The summed E-state index contributed by atoms with van der Waals surface area (Å²) in [6.07, 6.45) is 6.73. The van der Waals surface area contributed by atoms with Gasteiger partial charge in [0.1, 0.15) is 24.2 Å². The van der Waals surface area contributed by atoms with Crippen molar-refractivity contribution in [2.75, 3.05) is 26.8 Å². The second kappa shape index (κ2) is 9.61. The second-order valence-corrected chi connectivity index (χ2v) is 4.95. The van der Waals surface area contributed by atoms with Crippen molar-refractivity contribution in [1.29, 1.82) is 0 Å². The van der Waals surface area contributed by atoms with E-state index in [-0.39, 0.29) is 6.61 Å². The van der Waals surface area contributed by atoms with Crippen molar-refractivity contribution in [3.05, 3.63) is 60.4 Å². The van der Waals surface area contributed by atoms with Gasteiger partial charge in [0.05, 0.1) is 7.11 Å². The van der Waals surface area contributed by atoms with Crippen LogP contribution in [0.15, 0.2) is 54.9 Å². The minimum absolute atomic E-state index is 0.243. The first kappa shape index (κ1) is 17.0. The van der Waals surface area contributed by atoms with Crippen LogP contribution in [0.2, 0.25) is 0 Å². The van der Waals surface area contributed by atoms with E-state index in [1.807, 2.05) is 36.4 Å². The molecule has 1 aromatic heterocycles. The molecule has 2 rings (SSSR count). The number of para-hydroxylation sites is 1.